The van der Waals surface area contributed by atoms with Crippen LogP contribution in [-0.4, -0.2) is 21.9 Å². The smallest absolute Gasteiger partial charge is 0.0693 e. The van der Waals surface area contributed by atoms with Crippen LogP contribution in [0.1, 0.15) is 106 Å². The van der Waals surface area contributed by atoms with E-state index in [1.54, 1.807) is 5.57 Å². The second-order valence-corrected chi connectivity index (χ2v) is 13.1. The highest BCUT2D eigenvalue weighted by molar-refractivity contribution is 5.31. The Balaban J connectivity index is 1.60. The van der Waals surface area contributed by atoms with Crippen LogP contribution in [0.5, 0.6) is 0 Å². The third-order valence-corrected chi connectivity index (χ3v) is 10.5. The van der Waals surface area contributed by atoms with E-state index in [0.717, 1.165) is 38.0 Å². The van der Waals surface area contributed by atoms with Gasteiger partial charge in [0.1, 0.15) is 0 Å². The highest BCUT2D eigenvalue weighted by atomic mass is 16.3. The molecule has 0 bridgehead atoms. The summed E-state index contributed by atoms with van der Waals surface area (Å²) < 4.78 is 0. The predicted molar refractivity (Wildman–Crippen MR) is 125 cm³/mol. The van der Waals surface area contributed by atoms with Gasteiger partial charge in [-0.1, -0.05) is 65.5 Å². The summed E-state index contributed by atoms with van der Waals surface area (Å²) in [4.78, 5) is 0. The Morgan fingerprint density at radius 3 is 2.43 bits per heavy atom. The molecule has 4 rings (SSSR count). The van der Waals surface area contributed by atoms with Gasteiger partial charge in [0, 0.05) is 5.92 Å². The van der Waals surface area contributed by atoms with Crippen LogP contribution < -0.4 is 0 Å². The number of aliphatic hydroxyl groups excluding tert-OH is 1. The lowest BCUT2D eigenvalue weighted by atomic mass is 9.47. The maximum atomic E-state index is 11.8. The lowest BCUT2D eigenvalue weighted by molar-refractivity contribution is -0.0650. The van der Waals surface area contributed by atoms with Crippen molar-refractivity contribution in [3.05, 3.63) is 11.6 Å². The van der Waals surface area contributed by atoms with Crippen molar-refractivity contribution in [2.45, 2.75) is 117 Å². The number of rotatable bonds is 5. The molecular formula is C28H48O2. The third-order valence-electron chi connectivity index (χ3n) is 10.5. The van der Waals surface area contributed by atoms with Crippen LogP contribution in [0.2, 0.25) is 0 Å². The zero-order valence-electron chi connectivity index (χ0n) is 20.6. The van der Waals surface area contributed by atoms with Gasteiger partial charge in [-0.15, -0.1) is 0 Å². The van der Waals surface area contributed by atoms with E-state index in [1.165, 1.54) is 32.1 Å². The van der Waals surface area contributed by atoms with E-state index < -0.39 is 5.60 Å². The molecule has 9 atom stereocenters. The number of allylic oxidation sites excluding steroid dienone is 1. The van der Waals surface area contributed by atoms with Gasteiger partial charge >= 0.3 is 0 Å². The van der Waals surface area contributed by atoms with E-state index in [1.807, 2.05) is 0 Å². The lowest BCUT2D eigenvalue weighted by Gasteiger charge is -2.58. The molecule has 0 saturated heterocycles. The van der Waals surface area contributed by atoms with Crippen molar-refractivity contribution in [3.8, 4) is 0 Å². The van der Waals surface area contributed by atoms with Gasteiger partial charge in [0.2, 0.25) is 0 Å². The van der Waals surface area contributed by atoms with Crippen LogP contribution in [0.25, 0.3) is 0 Å². The molecule has 0 radical (unpaired) electrons. The topological polar surface area (TPSA) is 40.5 Å². The van der Waals surface area contributed by atoms with Gasteiger partial charge in [0.05, 0.1) is 11.7 Å². The van der Waals surface area contributed by atoms with Gasteiger partial charge in [0.15, 0.2) is 0 Å². The van der Waals surface area contributed by atoms with Crippen LogP contribution in [0.15, 0.2) is 11.6 Å². The monoisotopic (exact) mass is 416 g/mol. The Kier molecular flexibility index (Phi) is 6.02. The van der Waals surface area contributed by atoms with E-state index in [0.29, 0.717) is 35.0 Å². The fourth-order valence-corrected chi connectivity index (χ4v) is 8.98. The normalized spacial score (nSPS) is 49.2. The summed E-state index contributed by atoms with van der Waals surface area (Å²) in [6.45, 7) is 14.3. The summed E-state index contributed by atoms with van der Waals surface area (Å²) in [7, 11) is 0. The molecule has 0 amide bonds. The van der Waals surface area contributed by atoms with E-state index in [-0.39, 0.29) is 11.5 Å². The van der Waals surface area contributed by atoms with Crippen molar-refractivity contribution in [1.29, 1.82) is 0 Å². The molecule has 2 heteroatoms. The minimum absolute atomic E-state index is 0.0995. The minimum Gasteiger partial charge on any atom is -0.393 e. The maximum absolute atomic E-state index is 11.8. The average Bonchev–Trinajstić information content (AvgIpc) is 2.88. The lowest BCUT2D eigenvalue weighted by Crippen LogP contribution is -2.52. The van der Waals surface area contributed by atoms with Crippen molar-refractivity contribution in [2.75, 3.05) is 0 Å². The Bertz CT molecular complexity index is 664. The Morgan fingerprint density at radius 2 is 1.73 bits per heavy atom. The molecule has 0 heterocycles. The largest absolute Gasteiger partial charge is 0.393 e. The van der Waals surface area contributed by atoms with Gasteiger partial charge < -0.3 is 10.2 Å². The van der Waals surface area contributed by atoms with Crippen LogP contribution in [0, 0.1) is 46.3 Å². The zero-order valence-corrected chi connectivity index (χ0v) is 20.6. The van der Waals surface area contributed by atoms with E-state index >= 15 is 0 Å². The minimum atomic E-state index is -0.576. The Hall–Kier alpha value is -0.340. The van der Waals surface area contributed by atoms with Crippen molar-refractivity contribution in [2.24, 2.45) is 46.3 Å². The summed E-state index contributed by atoms with van der Waals surface area (Å²) in [5.41, 5.74) is 1.59. The Labute approximate surface area is 185 Å². The number of hydrogen-bond donors (Lipinski definition) is 2. The molecule has 2 nitrogen and oxygen atoms in total. The predicted octanol–water partition coefficient (Wildman–Crippen LogP) is 6.75. The van der Waals surface area contributed by atoms with Gasteiger partial charge in [-0.05, 0) is 92.3 Å². The molecule has 0 aromatic rings. The molecule has 4 aliphatic carbocycles. The molecule has 0 spiro atoms. The quantitative estimate of drug-likeness (QED) is 0.487. The summed E-state index contributed by atoms with van der Waals surface area (Å²) >= 11 is 0. The van der Waals surface area contributed by atoms with Crippen molar-refractivity contribution in [1.82, 2.24) is 0 Å². The first-order valence-corrected chi connectivity index (χ1v) is 13.1. The molecule has 30 heavy (non-hydrogen) atoms. The van der Waals surface area contributed by atoms with Crippen LogP contribution in [-0.2, 0) is 0 Å². The first-order valence-electron chi connectivity index (χ1n) is 13.1. The van der Waals surface area contributed by atoms with Gasteiger partial charge in [-0.25, -0.2) is 0 Å². The number of aliphatic hydroxyl groups is 2. The van der Waals surface area contributed by atoms with E-state index in [2.05, 4.69) is 47.6 Å². The molecule has 0 aromatic carbocycles. The van der Waals surface area contributed by atoms with E-state index in [4.69, 9.17) is 0 Å². The second-order valence-electron chi connectivity index (χ2n) is 13.1. The van der Waals surface area contributed by atoms with Crippen molar-refractivity contribution >= 4 is 0 Å². The third kappa shape index (κ3) is 3.62. The molecule has 0 aromatic heterocycles. The second kappa shape index (κ2) is 7.91. The molecule has 172 valence electrons. The summed E-state index contributed by atoms with van der Waals surface area (Å²) in [6.07, 6.45) is 14.1. The summed E-state index contributed by atoms with van der Waals surface area (Å²) in [5.74, 6) is 3.67. The average molecular weight is 417 g/mol. The summed E-state index contributed by atoms with van der Waals surface area (Å²) in [6, 6.07) is 0. The molecule has 3 fully saturated rings. The highest BCUT2D eigenvalue weighted by Gasteiger charge is 2.64. The van der Waals surface area contributed by atoms with Crippen LogP contribution >= 0.6 is 0 Å². The number of hydrogen-bond acceptors (Lipinski definition) is 2. The Morgan fingerprint density at radius 1 is 1.03 bits per heavy atom. The van der Waals surface area contributed by atoms with Gasteiger partial charge in [-0.2, -0.15) is 0 Å². The number of fused-ring (bicyclic) bond motifs is 5. The molecule has 3 saturated carbocycles. The standard InChI is InChI=1S/C28H48O2/c1-18(2)8-7-9-19(3)24-17-28(6,30)25-22-11-10-20-16-21(29)12-14-26(20,4)23(22)13-15-27(24,25)5/h11,18-21,23-25,29-30H,7-10,12-17H2,1-6H3. The first kappa shape index (κ1) is 22.8. The van der Waals surface area contributed by atoms with Crippen molar-refractivity contribution < 1.29 is 10.2 Å². The first-order chi connectivity index (χ1) is 14.0. The van der Waals surface area contributed by atoms with Gasteiger partial charge in [0.25, 0.3) is 0 Å². The zero-order chi connectivity index (χ0) is 21.9. The molecule has 9 unspecified atom stereocenters. The molecular weight excluding hydrogens is 368 g/mol. The SMILES string of the molecule is CC(C)CCCC(C)C1CC(C)(O)C2C3=CCC4CC(O)CCC4(C)C3CCC12C. The maximum Gasteiger partial charge on any atom is 0.0693 e. The molecule has 2 N–H and O–H groups in total. The fraction of sp³-hybridized carbons (Fsp3) is 0.929. The van der Waals surface area contributed by atoms with Gasteiger partial charge in [-0.3, -0.25) is 0 Å². The highest BCUT2D eigenvalue weighted by Crippen LogP contribution is 2.69. The fourth-order valence-electron chi connectivity index (χ4n) is 8.98. The van der Waals surface area contributed by atoms with E-state index in [9.17, 15) is 10.2 Å². The van der Waals surface area contributed by atoms with Crippen LogP contribution in [0.3, 0.4) is 0 Å². The van der Waals surface area contributed by atoms with Crippen LogP contribution in [0.4, 0.5) is 0 Å². The molecule has 4 aliphatic rings. The van der Waals surface area contributed by atoms with Crippen molar-refractivity contribution in [3.63, 3.8) is 0 Å². The molecule has 0 aliphatic heterocycles. The summed E-state index contributed by atoms with van der Waals surface area (Å²) in [5, 5.41) is 22.0.